The highest BCUT2D eigenvalue weighted by Crippen LogP contribution is 1.99. The van der Waals surface area contributed by atoms with Gasteiger partial charge in [-0.25, -0.2) is 0 Å². The predicted molar refractivity (Wildman–Crippen MR) is 41.4 cm³/mol. The molecule has 0 fully saturated rings. The van der Waals surface area contributed by atoms with E-state index in [1.54, 1.807) is 6.08 Å². The molecule has 10 heavy (non-hydrogen) atoms. The van der Waals surface area contributed by atoms with Crippen LogP contribution in [-0.2, 0) is 0 Å². The van der Waals surface area contributed by atoms with E-state index in [0.29, 0.717) is 0 Å². The van der Waals surface area contributed by atoms with E-state index in [2.05, 4.69) is 6.07 Å². The Hall–Kier alpha value is -1.08. The van der Waals surface area contributed by atoms with Crippen molar-refractivity contribution in [3.63, 3.8) is 0 Å². The normalized spacial score (nSPS) is 10.5. The summed E-state index contributed by atoms with van der Waals surface area (Å²) in [5.74, 6) is 0. The van der Waals surface area contributed by atoms with Crippen LogP contribution in [0.3, 0.4) is 0 Å². The zero-order chi connectivity index (χ0) is 7.23. The highest BCUT2D eigenvalue weighted by Gasteiger charge is 1.79. The standard InChI is InChI=1S/C9H9O/c10-8-4-7-9-5-2-1-3-6-9/h2-7,10H,8H2/b7-4+. The molecule has 1 heteroatoms. The van der Waals surface area contributed by atoms with Crippen molar-refractivity contribution < 1.29 is 5.11 Å². The summed E-state index contributed by atoms with van der Waals surface area (Å²) in [5, 5.41) is 8.43. The largest absolute Gasteiger partial charge is 0.392 e. The predicted octanol–water partition coefficient (Wildman–Crippen LogP) is 1.49. The molecule has 0 atom stereocenters. The minimum absolute atomic E-state index is 0.0958. The van der Waals surface area contributed by atoms with Crippen LogP contribution < -0.4 is 0 Å². The van der Waals surface area contributed by atoms with E-state index in [-0.39, 0.29) is 6.61 Å². The maximum absolute atomic E-state index is 8.43. The van der Waals surface area contributed by atoms with Crippen molar-refractivity contribution in [2.45, 2.75) is 0 Å². The van der Waals surface area contributed by atoms with Gasteiger partial charge in [-0.1, -0.05) is 36.4 Å². The molecule has 0 bridgehead atoms. The second kappa shape index (κ2) is 3.85. The lowest BCUT2D eigenvalue weighted by Crippen LogP contribution is -1.72. The van der Waals surface area contributed by atoms with Gasteiger partial charge in [0.25, 0.3) is 0 Å². The topological polar surface area (TPSA) is 20.2 Å². The fourth-order valence-corrected chi connectivity index (χ4v) is 0.700. The van der Waals surface area contributed by atoms with Crippen LogP contribution in [0.15, 0.2) is 30.3 Å². The molecule has 0 aliphatic carbocycles. The summed E-state index contributed by atoms with van der Waals surface area (Å²) in [6.07, 6.45) is 3.57. The molecule has 0 aliphatic heterocycles. The van der Waals surface area contributed by atoms with E-state index in [0.717, 1.165) is 5.56 Å². The van der Waals surface area contributed by atoms with Gasteiger partial charge in [0.2, 0.25) is 0 Å². The van der Waals surface area contributed by atoms with Crippen molar-refractivity contribution >= 4 is 6.08 Å². The van der Waals surface area contributed by atoms with Crippen LogP contribution in [0.1, 0.15) is 5.56 Å². The maximum atomic E-state index is 8.43. The van der Waals surface area contributed by atoms with Gasteiger partial charge in [-0.3, -0.25) is 0 Å². The lowest BCUT2D eigenvalue weighted by Gasteiger charge is -1.87. The van der Waals surface area contributed by atoms with Crippen LogP contribution in [0.2, 0.25) is 0 Å². The van der Waals surface area contributed by atoms with Crippen LogP contribution >= 0.6 is 0 Å². The maximum Gasteiger partial charge on any atom is 0.0615 e. The van der Waals surface area contributed by atoms with E-state index in [4.69, 9.17) is 5.11 Å². The molecule has 1 aromatic rings. The summed E-state index contributed by atoms with van der Waals surface area (Å²) in [4.78, 5) is 0. The van der Waals surface area contributed by atoms with Gasteiger partial charge >= 0.3 is 0 Å². The van der Waals surface area contributed by atoms with E-state index in [1.165, 1.54) is 0 Å². The smallest absolute Gasteiger partial charge is 0.0615 e. The zero-order valence-electron chi connectivity index (χ0n) is 5.62. The third kappa shape index (κ3) is 2.03. The Morgan fingerprint density at radius 1 is 1.40 bits per heavy atom. The van der Waals surface area contributed by atoms with E-state index < -0.39 is 0 Å². The fourth-order valence-electron chi connectivity index (χ4n) is 0.700. The molecular formula is C9H9O. The molecule has 0 unspecified atom stereocenters. The lowest BCUT2D eigenvalue weighted by atomic mass is 10.2. The summed E-state index contributed by atoms with van der Waals surface area (Å²) < 4.78 is 0. The van der Waals surface area contributed by atoms with E-state index in [1.807, 2.05) is 30.3 Å². The second-order valence-corrected chi connectivity index (χ2v) is 1.92. The molecule has 0 spiro atoms. The Bertz CT molecular complexity index is 201. The van der Waals surface area contributed by atoms with E-state index >= 15 is 0 Å². The number of hydrogen-bond donors (Lipinski definition) is 1. The van der Waals surface area contributed by atoms with Gasteiger partial charge in [0.05, 0.1) is 6.61 Å². The fraction of sp³-hybridized carbons (Fsp3) is 0.111. The van der Waals surface area contributed by atoms with Crippen molar-refractivity contribution in [1.82, 2.24) is 0 Å². The molecule has 1 radical (unpaired) electrons. The first-order valence-electron chi connectivity index (χ1n) is 3.17. The number of benzene rings is 1. The molecule has 0 saturated carbocycles. The quantitative estimate of drug-likeness (QED) is 0.648. The van der Waals surface area contributed by atoms with Crippen molar-refractivity contribution in [3.8, 4) is 0 Å². The van der Waals surface area contributed by atoms with Gasteiger partial charge in [-0.2, -0.15) is 0 Å². The van der Waals surface area contributed by atoms with Crippen LogP contribution in [0, 0.1) is 6.07 Å². The van der Waals surface area contributed by atoms with Gasteiger partial charge in [-0.05, 0) is 11.6 Å². The van der Waals surface area contributed by atoms with Gasteiger partial charge in [-0.15, -0.1) is 0 Å². The first kappa shape index (κ1) is 7.03. The third-order valence-corrected chi connectivity index (χ3v) is 1.16. The highest BCUT2D eigenvalue weighted by molar-refractivity contribution is 5.48. The summed E-state index contributed by atoms with van der Waals surface area (Å²) in [6.45, 7) is 0.0958. The molecule has 1 nitrogen and oxygen atoms in total. The first-order valence-corrected chi connectivity index (χ1v) is 3.17. The molecule has 0 aliphatic rings. The minimum atomic E-state index is 0.0958. The summed E-state index contributed by atoms with van der Waals surface area (Å²) in [7, 11) is 0. The molecule has 1 rings (SSSR count). The molecule has 0 saturated heterocycles. The van der Waals surface area contributed by atoms with Gasteiger partial charge in [0, 0.05) is 0 Å². The van der Waals surface area contributed by atoms with Gasteiger partial charge in [0.15, 0.2) is 0 Å². The number of aliphatic hydroxyl groups is 1. The molecule has 0 aromatic heterocycles. The average Bonchev–Trinajstić information content (AvgIpc) is 2.03. The van der Waals surface area contributed by atoms with Crippen molar-refractivity contribution in [2.24, 2.45) is 0 Å². The molecule has 1 N–H and O–H groups in total. The van der Waals surface area contributed by atoms with Crippen molar-refractivity contribution in [3.05, 3.63) is 42.0 Å². The number of rotatable bonds is 2. The molecule has 0 heterocycles. The van der Waals surface area contributed by atoms with E-state index in [9.17, 15) is 0 Å². The third-order valence-electron chi connectivity index (χ3n) is 1.16. The summed E-state index contributed by atoms with van der Waals surface area (Å²) in [6, 6.07) is 10.5. The van der Waals surface area contributed by atoms with Crippen LogP contribution in [0.5, 0.6) is 0 Å². The summed E-state index contributed by atoms with van der Waals surface area (Å²) >= 11 is 0. The Labute approximate surface area is 60.6 Å². The van der Waals surface area contributed by atoms with Crippen molar-refractivity contribution in [1.29, 1.82) is 0 Å². The monoisotopic (exact) mass is 133 g/mol. The Balaban J connectivity index is 2.67. The zero-order valence-corrected chi connectivity index (χ0v) is 5.62. The summed E-state index contributed by atoms with van der Waals surface area (Å²) in [5.41, 5.74) is 1.09. The Kier molecular flexibility index (Phi) is 2.71. The van der Waals surface area contributed by atoms with Gasteiger partial charge < -0.3 is 5.11 Å². The highest BCUT2D eigenvalue weighted by atomic mass is 16.2. The second-order valence-electron chi connectivity index (χ2n) is 1.92. The Morgan fingerprint density at radius 3 is 2.70 bits per heavy atom. The molecule has 0 amide bonds. The molecular weight excluding hydrogens is 124 g/mol. The molecule has 1 aromatic carbocycles. The lowest BCUT2D eigenvalue weighted by molar-refractivity contribution is 0.343. The average molecular weight is 133 g/mol. The Morgan fingerprint density at radius 2 is 2.10 bits per heavy atom. The van der Waals surface area contributed by atoms with Crippen LogP contribution in [-0.4, -0.2) is 11.7 Å². The minimum Gasteiger partial charge on any atom is -0.392 e. The molecule has 51 valence electrons. The SMILES string of the molecule is OC/C=C/c1cc[c]cc1. The van der Waals surface area contributed by atoms with Crippen LogP contribution in [0.4, 0.5) is 0 Å². The first-order chi connectivity index (χ1) is 4.93. The van der Waals surface area contributed by atoms with Gasteiger partial charge in [0.1, 0.15) is 0 Å². The van der Waals surface area contributed by atoms with Crippen LogP contribution in [0.25, 0.3) is 6.08 Å². The number of hydrogen-bond acceptors (Lipinski definition) is 1. The van der Waals surface area contributed by atoms with Crippen molar-refractivity contribution in [2.75, 3.05) is 6.61 Å². The number of aliphatic hydroxyl groups excluding tert-OH is 1.